The molecule has 1 amide bonds. The summed E-state index contributed by atoms with van der Waals surface area (Å²) in [6, 6.07) is 0. The minimum atomic E-state index is -0.0609. The van der Waals surface area contributed by atoms with E-state index in [0.29, 0.717) is 25.8 Å². The van der Waals surface area contributed by atoms with E-state index in [0.717, 1.165) is 11.3 Å². The molecular weight excluding hydrogens is 242 g/mol. The lowest BCUT2D eigenvalue weighted by atomic mass is 9.90. The smallest absolute Gasteiger partial charge is 0.220 e. The monoisotopic (exact) mass is 267 g/mol. The van der Waals surface area contributed by atoms with Crippen LogP contribution in [0.3, 0.4) is 0 Å². The number of aliphatic hydroxyl groups is 1. The van der Waals surface area contributed by atoms with Crippen LogP contribution in [0.25, 0.3) is 0 Å². The molecule has 0 radical (unpaired) electrons. The maximum atomic E-state index is 11.8. The molecule has 2 N–H and O–H groups in total. The Morgan fingerprint density at radius 2 is 2.21 bits per heavy atom. The topological polar surface area (TPSA) is 67.2 Å². The molecule has 5 heteroatoms. The first-order valence-electron chi connectivity index (χ1n) is 6.71. The molecule has 0 saturated carbocycles. The van der Waals surface area contributed by atoms with Gasteiger partial charge in [-0.05, 0) is 30.7 Å². The molecule has 0 aliphatic heterocycles. The summed E-state index contributed by atoms with van der Waals surface area (Å²) < 4.78 is 1.82. The van der Waals surface area contributed by atoms with Gasteiger partial charge in [0.05, 0.1) is 6.20 Å². The van der Waals surface area contributed by atoms with Crippen molar-refractivity contribution in [1.82, 2.24) is 15.1 Å². The highest BCUT2D eigenvalue weighted by molar-refractivity contribution is 5.76. The number of carbonyl (C=O) groups excluding carboxylic acids is 1. The zero-order valence-corrected chi connectivity index (χ0v) is 12.4. The first-order chi connectivity index (χ1) is 8.85. The van der Waals surface area contributed by atoms with Crippen LogP contribution in [0.5, 0.6) is 0 Å². The van der Waals surface area contributed by atoms with Gasteiger partial charge in [-0.2, -0.15) is 5.10 Å². The summed E-state index contributed by atoms with van der Waals surface area (Å²) in [5, 5.41) is 16.0. The Balaban J connectivity index is 2.34. The molecule has 0 aliphatic rings. The molecule has 5 nitrogen and oxygen atoms in total. The fourth-order valence-corrected chi connectivity index (χ4v) is 1.86. The van der Waals surface area contributed by atoms with Crippen LogP contribution in [0.2, 0.25) is 0 Å². The van der Waals surface area contributed by atoms with Gasteiger partial charge in [-0.1, -0.05) is 13.8 Å². The molecule has 0 aliphatic carbocycles. The average molecular weight is 267 g/mol. The fraction of sp³-hybridized carbons (Fsp3) is 0.714. The summed E-state index contributed by atoms with van der Waals surface area (Å²) in [5.41, 5.74) is 2.16. The largest absolute Gasteiger partial charge is 0.396 e. The Morgan fingerprint density at radius 3 is 2.74 bits per heavy atom. The molecule has 1 rings (SSSR count). The van der Waals surface area contributed by atoms with Crippen molar-refractivity contribution in [2.24, 2.45) is 12.5 Å². The molecule has 1 aromatic rings. The SMILES string of the molecule is Cc1c(CCC(=O)NCC(C)(C)CCO)cnn1C. The number of aromatic nitrogens is 2. The number of hydrogen-bond acceptors (Lipinski definition) is 3. The summed E-state index contributed by atoms with van der Waals surface area (Å²) in [4.78, 5) is 11.8. The summed E-state index contributed by atoms with van der Waals surface area (Å²) in [6.45, 7) is 6.82. The third-order valence-corrected chi connectivity index (χ3v) is 3.51. The van der Waals surface area contributed by atoms with E-state index in [4.69, 9.17) is 5.11 Å². The van der Waals surface area contributed by atoms with Gasteiger partial charge in [0.1, 0.15) is 0 Å². The Labute approximate surface area is 115 Å². The average Bonchev–Trinajstić information content (AvgIpc) is 2.65. The van der Waals surface area contributed by atoms with E-state index in [1.165, 1.54) is 0 Å². The summed E-state index contributed by atoms with van der Waals surface area (Å²) in [7, 11) is 1.90. The van der Waals surface area contributed by atoms with Crippen LogP contribution < -0.4 is 5.32 Å². The number of hydrogen-bond donors (Lipinski definition) is 2. The van der Waals surface area contributed by atoms with Gasteiger partial charge in [0, 0.05) is 32.3 Å². The molecule has 0 aromatic carbocycles. The molecule has 108 valence electrons. The third kappa shape index (κ3) is 5.03. The van der Waals surface area contributed by atoms with Crippen molar-refractivity contribution in [3.63, 3.8) is 0 Å². The predicted molar refractivity (Wildman–Crippen MR) is 74.8 cm³/mol. The van der Waals surface area contributed by atoms with E-state index in [1.807, 2.05) is 38.7 Å². The quantitative estimate of drug-likeness (QED) is 0.779. The first kappa shape index (κ1) is 15.7. The van der Waals surface area contributed by atoms with Crippen molar-refractivity contribution in [2.45, 2.75) is 40.0 Å². The number of nitrogens with one attached hydrogen (secondary N) is 1. The minimum absolute atomic E-state index is 0.0502. The molecule has 0 bridgehead atoms. The van der Waals surface area contributed by atoms with E-state index in [1.54, 1.807) is 0 Å². The Hall–Kier alpha value is -1.36. The maximum Gasteiger partial charge on any atom is 0.220 e. The highest BCUT2D eigenvalue weighted by Crippen LogP contribution is 2.18. The molecule has 0 atom stereocenters. The van der Waals surface area contributed by atoms with Gasteiger partial charge in [0.15, 0.2) is 0 Å². The van der Waals surface area contributed by atoms with E-state index >= 15 is 0 Å². The minimum Gasteiger partial charge on any atom is -0.396 e. The van der Waals surface area contributed by atoms with Crippen LogP contribution in [0, 0.1) is 12.3 Å². The van der Waals surface area contributed by atoms with Crippen molar-refractivity contribution in [1.29, 1.82) is 0 Å². The first-order valence-corrected chi connectivity index (χ1v) is 6.71. The molecule has 0 saturated heterocycles. The summed E-state index contributed by atoms with van der Waals surface area (Å²) in [5.74, 6) is 0.0502. The third-order valence-electron chi connectivity index (χ3n) is 3.51. The standard InChI is InChI=1S/C14H25N3O2/c1-11-12(9-16-17(11)4)5-6-13(19)15-10-14(2,3)7-8-18/h9,18H,5-8,10H2,1-4H3,(H,15,19). The molecular formula is C14H25N3O2. The van der Waals surface area contributed by atoms with E-state index in [2.05, 4.69) is 10.4 Å². The predicted octanol–water partition coefficient (Wildman–Crippen LogP) is 1.19. The zero-order chi connectivity index (χ0) is 14.5. The number of amides is 1. The van der Waals surface area contributed by atoms with Crippen LogP contribution in [0.15, 0.2) is 6.20 Å². The lowest BCUT2D eigenvalue weighted by Gasteiger charge is -2.23. The molecule has 1 aromatic heterocycles. The zero-order valence-electron chi connectivity index (χ0n) is 12.4. The van der Waals surface area contributed by atoms with E-state index < -0.39 is 0 Å². The van der Waals surface area contributed by atoms with Crippen LogP contribution in [0.4, 0.5) is 0 Å². The van der Waals surface area contributed by atoms with Crippen LogP contribution >= 0.6 is 0 Å². The van der Waals surface area contributed by atoms with Crippen LogP contribution in [-0.4, -0.2) is 33.9 Å². The highest BCUT2D eigenvalue weighted by Gasteiger charge is 2.18. The van der Waals surface area contributed by atoms with Gasteiger partial charge in [-0.15, -0.1) is 0 Å². The van der Waals surface area contributed by atoms with Gasteiger partial charge in [0.2, 0.25) is 5.91 Å². The van der Waals surface area contributed by atoms with Gasteiger partial charge < -0.3 is 10.4 Å². The maximum absolute atomic E-state index is 11.8. The second-order valence-electron chi connectivity index (χ2n) is 5.79. The summed E-state index contributed by atoms with van der Waals surface area (Å²) in [6.07, 6.45) is 3.70. The lowest BCUT2D eigenvalue weighted by molar-refractivity contribution is -0.121. The number of rotatable bonds is 7. The molecule has 0 unspecified atom stereocenters. The number of aryl methyl sites for hydroxylation is 2. The Morgan fingerprint density at radius 1 is 1.53 bits per heavy atom. The molecule has 1 heterocycles. The van der Waals surface area contributed by atoms with E-state index in [9.17, 15) is 4.79 Å². The number of aliphatic hydroxyl groups excluding tert-OH is 1. The molecule has 19 heavy (non-hydrogen) atoms. The Bertz CT molecular complexity index is 424. The number of carbonyl (C=O) groups is 1. The van der Waals surface area contributed by atoms with Crippen LogP contribution in [0.1, 0.15) is 37.9 Å². The fourth-order valence-electron chi connectivity index (χ4n) is 1.86. The van der Waals surface area contributed by atoms with Gasteiger partial charge in [-0.3, -0.25) is 9.48 Å². The van der Waals surface area contributed by atoms with Crippen molar-refractivity contribution in [3.8, 4) is 0 Å². The van der Waals surface area contributed by atoms with Gasteiger partial charge >= 0.3 is 0 Å². The van der Waals surface area contributed by atoms with Crippen LogP contribution in [-0.2, 0) is 18.3 Å². The molecule has 0 fully saturated rings. The second-order valence-corrected chi connectivity index (χ2v) is 5.79. The Kier molecular flexibility index (Phi) is 5.54. The molecule has 0 spiro atoms. The van der Waals surface area contributed by atoms with Crippen molar-refractivity contribution < 1.29 is 9.90 Å². The second kappa shape index (κ2) is 6.70. The lowest BCUT2D eigenvalue weighted by Crippen LogP contribution is -2.34. The summed E-state index contributed by atoms with van der Waals surface area (Å²) >= 11 is 0. The van der Waals surface area contributed by atoms with Gasteiger partial charge in [-0.25, -0.2) is 0 Å². The normalized spacial score (nSPS) is 11.6. The highest BCUT2D eigenvalue weighted by atomic mass is 16.3. The van der Waals surface area contributed by atoms with Crippen molar-refractivity contribution >= 4 is 5.91 Å². The van der Waals surface area contributed by atoms with Crippen molar-refractivity contribution in [2.75, 3.05) is 13.2 Å². The van der Waals surface area contributed by atoms with Crippen molar-refractivity contribution in [3.05, 3.63) is 17.5 Å². The number of nitrogens with zero attached hydrogens (tertiary/aromatic N) is 2. The van der Waals surface area contributed by atoms with Gasteiger partial charge in [0.25, 0.3) is 0 Å². The van der Waals surface area contributed by atoms with E-state index in [-0.39, 0.29) is 17.9 Å².